The first-order valence-electron chi connectivity index (χ1n) is 10.7. The van der Waals surface area contributed by atoms with Crippen molar-refractivity contribution in [3.05, 3.63) is 59.9 Å². The number of carbonyl (C=O) groups is 2. The summed E-state index contributed by atoms with van der Waals surface area (Å²) < 4.78 is 16.3. The van der Waals surface area contributed by atoms with Gasteiger partial charge in [0.1, 0.15) is 17.9 Å². The number of para-hydroxylation sites is 1. The number of nitrogens with zero attached hydrogens (tertiary/aromatic N) is 4. The molecule has 2 aromatic carbocycles. The Kier molecular flexibility index (Phi) is 4.92. The molecule has 0 saturated carbocycles. The molecule has 1 aromatic heterocycles. The number of fused-ring (bicyclic) bond motifs is 1. The third-order valence-corrected chi connectivity index (χ3v) is 6.55. The summed E-state index contributed by atoms with van der Waals surface area (Å²) in [6, 6.07) is 14.1. The summed E-state index contributed by atoms with van der Waals surface area (Å²) in [6.07, 6.45) is 2.84. The quantitative estimate of drug-likeness (QED) is 0.705. The summed E-state index contributed by atoms with van der Waals surface area (Å²) in [7, 11) is 0. The van der Waals surface area contributed by atoms with Crippen LogP contribution in [0.1, 0.15) is 37.2 Å². The Bertz CT molecular complexity index is 1150. The first-order valence-corrected chi connectivity index (χ1v) is 10.7. The van der Waals surface area contributed by atoms with E-state index in [0.29, 0.717) is 31.5 Å². The molecule has 0 aliphatic carbocycles. The standard InChI is InChI=1S/C23H24FN5O2/c24-18-8-2-1-7-16(18)17-13-28(15-23(17)12-6-5-11-21(30)25-23)22(31)14-29-20-10-4-3-9-19(20)26-27-29/h1-4,7-10,17H,5-6,11-15H2,(H,25,30)/t17-,23+/m0/s1. The maximum absolute atomic E-state index is 14.7. The fourth-order valence-electron chi connectivity index (χ4n) is 5.03. The Labute approximate surface area is 179 Å². The number of amides is 2. The number of hydrogen-bond acceptors (Lipinski definition) is 4. The highest BCUT2D eigenvalue weighted by Crippen LogP contribution is 2.41. The largest absolute Gasteiger partial charge is 0.348 e. The molecular weight excluding hydrogens is 397 g/mol. The van der Waals surface area contributed by atoms with E-state index in [-0.39, 0.29) is 30.1 Å². The molecule has 3 heterocycles. The van der Waals surface area contributed by atoms with Crippen molar-refractivity contribution in [2.75, 3.05) is 13.1 Å². The van der Waals surface area contributed by atoms with E-state index in [4.69, 9.17) is 0 Å². The summed E-state index contributed by atoms with van der Waals surface area (Å²) in [5, 5.41) is 11.4. The predicted octanol–water partition coefficient (Wildman–Crippen LogP) is 2.63. The van der Waals surface area contributed by atoms with Crippen molar-refractivity contribution in [2.45, 2.75) is 43.7 Å². The van der Waals surface area contributed by atoms with Crippen molar-refractivity contribution in [3.63, 3.8) is 0 Å². The van der Waals surface area contributed by atoms with Gasteiger partial charge in [0.05, 0.1) is 11.1 Å². The molecule has 1 N–H and O–H groups in total. The van der Waals surface area contributed by atoms with E-state index in [9.17, 15) is 14.0 Å². The van der Waals surface area contributed by atoms with Crippen molar-refractivity contribution < 1.29 is 14.0 Å². The summed E-state index contributed by atoms with van der Waals surface area (Å²) in [5.74, 6) is -0.753. The van der Waals surface area contributed by atoms with Gasteiger partial charge in [0.15, 0.2) is 0 Å². The molecule has 2 aliphatic heterocycles. The lowest BCUT2D eigenvalue weighted by molar-refractivity contribution is -0.131. The summed E-state index contributed by atoms with van der Waals surface area (Å²) in [4.78, 5) is 27.4. The van der Waals surface area contributed by atoms with Crippen LogP contribution >= 0.6 is 0 Å². The normalized spacial score (nSPS) is 23.8. The molecule has 1 spiro atoms. The summed E-state index contributed by atoms with van der Waals surface area (Å²) in [6.45, 7) is 0.768. The van der Waals surface area contributed by atoms with Gasteiger partial charge in [0.25, 0.3) is 0 Å². The number of benzene rings is 2. The first kappa shape index (κ1) is 19.7. The van der Waals surface area contributed by atoms with Crippen LogP contribution in [0.2, 0.25) is 0 Å². The van der Waals surface area contributed by atoms with Crippen LogP contribution in [0.4, 0.5) is 4.39 Å². The minimum atomic E-state index is -0.657. The van der Waals surface area contributed by atoms with Gasteiger partial charge in [-0.05, 0) is 36.6 Å². The number of nitrogens with one attached hydrogen (secondary N) is 1. The van der Waals surface area contributed by atoms with Crippen molar-refractivity contribution in [2.24, 2.45) is 0 Å². The topological polar surface area (TPSA) is 80.1 Å². The zero-order chi connectivity index (χ0) is 21.4. The molecule has 160 valence electrons. The zero-order valence-corrected chi connectivity index (χ0v) is 17.1. The first-order chi connectivity index (χ1) is 15.1. The molecule has 0 radical (unpaired) electrons. The highest BCUT2D eigenvalue weighted by Gasteiger charge is 2.50. The second kappa shape index (κ2) is 7.76. The van der Waals surface area contributed by atoms with Gasteiger partial charge >= 0.3 is 0 Å². The predicted molar refractivity (Wildman–Crippen MR) is 113 cm³/mol. The Morgan fingerprint density at radius 1 is 1.16 bits per heavy atom. The smallest absolute Gasteiger partial charge is 0.244 e. The average molecular weight is 421 g/mol. The Morgan fingerprint density at radius 2 is 1.97 bits per heavy atom. The average Bonchev–Trinajstić information content (AvgIpc) is 3.27. The summed E-state index contributed by atoms with van der Waals surface area (Å²) in [5.41, 5.74) is 1.41. The molecule has 2 fully saturated rings. The molecule has 0 bridgehead atoms. The lowest BCUT2D eigenvalue weighted by atomic mass is 9.78. The molecule has 31 heavy (non-hydrogen) atoms. The van der Waals surface area contributed by atoms with Crippen LogP contribution in [-0.4, -0.2) is 50.3 Å². The fraction of sp³-hybridized carbons (Fsp3) is 0.391. The molecule has 8 heteroatoms. The Balaban J connectivity index is 1.45. The SMILES string of the molecule is O=C1CCCC[C@]2(CN(C(=O)Cn3nnc4ccccc43)C[C@H]2c2ccccc2F)N1. The van der Waals surface area contributed by atoms with Gasteiger partial charge in [-0.1, -0.05) is 42.0 Å². The van der Waals surface area contributed by atoms with Gasteiger partial charge in [-0.25, -0.2) is 9.07 Å². The van der Waals surface area contributed by atoms with Gasteiger partial charge in [-0.15, -0.1) is 5.10 Å². The van der Waals surface area contributed by atoms with Crippen LogP contribution < -0.4 is 5.32 Å². The molecule has 2 amide bonds. The molecule has 3 aromatic rings. The van der Waals surface area contributed by atoms with Gasteiger partial charge in [0, 0.05) is 25.4 Å². The van der Waals surface area contributed by atoms with Gasteiger partial charge in [0.2, 0.25) is 11.8 Å². The van der Waals surface area contributed by atoms with Crippen LogP contribution in [0.3, 0.4) is 0 Å². The van der Waals surface area contributed by atoms with Gasteiger partial charge in [-0.3, -0.25) is 9.59 Å². The summed E-state index contributed by atoms with van der Waals surface area (Å²) >= 11 is 0. The lowest BCUT2D eigenvalue weighted by Crippen LogP contribution is -2.53. The van der Waals surface area contributed by atoms with Crippen LogP contribution in [-0.2, 0) is 16.1 Å². The lowest BCUT2D eigenvalue weighted by Gasteiger charge is -2.34. The van der Waals surface area contributed by atoms with Crippen LogP contribution in [0.15, 0.2) is 48.5 Å². The van der Waals surface area contributed by atoms with Crippen molar-refractivity contribution in [1.29, 1.82) is 0 Å². The third-order valence-electron chi connectivity index (χ3n) is 6.55. The molecular formula is C23H24FN5O2. The number of likely N-dealkylation sites (tertiary alicyclic amines) is 1. The fourth-order valence-corrected chi connectivity index (χ4v) is 5.03. The van der Waals surface area contributed by atoms with Gasteiger partial charge in [-0.2, -0.15) is 0 Å². The maximum atomic E-state index is 14.7. The highest BCUT2D eigenvalue weighted by molar-refractivity contribution is 5.81. The van der Waals surface area contributed by atoms with Crippen LogP contribution in [0.5, 0.6) is 0 Å². The zero-order valence-electron chi connectivity index (χ0n) is 17.1. The molecule has 2 aliphatic rings. The van der Waals surface area contributed by atoms with Crippen LogP contribution in [0, 0.1) is 5.82 Å². The minimum absolute atomic E-state index is 0.0320. The molecule has 7 nitrogen and oxygen atoms in total. The van der Waals surface area contributed by atoms with E-state index in [0.717, 1.165) is 23.9 Å². The van der Waals surface area contributed by atoms with E-state index in [2.05, 4.69) is 15.6 Å². The molecule has 2 saturated heterocycles. The van der Waals surface area contributed by atoms with E-state index < -0.39 is 5.54 Å². The number of rotatable bonds is 3. The number of aromatic nitrogens is 3. The van der Waals surface area contributed by atoms with E-state index >= 15 is 0 Å². The number of carbonyl (C=O) groups excluding carboxylic acids is 2. The molecule has 2 atom stereocenters. The second-order valence-electron chi connectivity index (χ2n) is 8.50. The second-order valence-corrected chi connectivity index (χ2v) is 8.50. The maximum Gasteiger partial charge on any atom is 0.244 e. The Hall–Kier alpha value is -3.29. The number of hydrogen-bond donors (Lipinski definition) is 1. The van der Waals surface area contributed by atoms with Crippen LogP contribution in [0.25, 0.3) is 11.0 Å². The monoisotopic (exact) mass is 421 g/mol. The Morgan fingerprint density at radius 3 is 2.84 bits per heavy atom. The number of halogens is 1. The minimum Gasteiger partial charge on any atom is -0.348 e. The van der Waals surface area contributed by atoms with Crippen molar-refractivity contribution in [1.82, 2.24) is 25.2 Å². The van der Waals surface area contributed by atoms with E-state index in [1.165, 1.54) is 6.07 Å². The van der Waals surface area contributed by atoms with E-state index in [1.807, 2.05) is 24.3 Å². The van der Waals surface area contributed by atoms with Crippen molar-refractivity contribution >= 4 is 22.8 Å². The molecule has 5 rings (SSSR count). The highest BCUT2D eigenvalue weighted by atomic mass is 19.1. The van der Waals surface area contributed by atoms with Crippen molar-refractivity contribution in [3.8, 4) is 0 Å². The van der Waals surface area contributed by atoms with E-state index in [1.54, 1.807) is 27.8 Å². The third kappa shape index (κ3) is 3.56. The van der Waals surface area contributed by atoms with Gasteiger partial charge < -0.3 is 10.2 Å². The molecule has 0 unspecified atom stereocenters.